The first-order chi connectivity index (χ1) is 16.0. The van der Waals surface area contributed by atoms with Gasteiger partial charge in [-0.2, -0.15) is 4.98 Å². The van der Waals surface area contributed by atoms with Gasteiger partial charge in [-0.3, -0.25) is 4.57 Å². The van der Waals surface area contributed by atoms with Gasteiger partial charge in [0.2, 0.25) is 5.28 Å². The van der Waals surface area contributed by atoms with Crippen LogP contribution in [0, 0.1) is 0 Å². The van der Waals surface area contributed by atoms with E-state index in [0.29, 0.717) is 0 Å². The third-order valence-electron chi connectivity index (χ3n) is 7.14. The summed E-state index contributed by atoms with van der Waals surface area (Å²) in [6.07, 6.45) is 0. The molecule has 1 aliphatic rings. The van der Waals surface area contributed by atoms with Crippen molar-refractivity contribution in [2.24, 2.45) is 0 Å². The van der Waals surface area contributed by atoms with Gasteiger partial charge in [0.1, 0.15) is 0 Å². The third kappa shape index (κ3) is 2.46. The van der Waals surface area contributed by atoms with Crippen molar-refractivity contribution in [2.75, 3.05) is 0 Å². The zero-order valence-electron chi connectivity index (χ0n) is 18.3. The SMILES string of the molecule is CC1(C)c2ccccc2-c2cc3c4ccccc4n(-c4nc(Cl)nc5ccccc45)c3cc21. The van der Waals surface area contributed by atoms with Crippen molar-refractivity contribution in [3.8, 4) is 16.9 Å². The Kier molecular flexibility index (Phi) is 3.67. The van der Waals surface area contributed by atoms with Crippen molar-refractivity contribution in [3.63, 3.8) is 0 Å². The normalized spacial score (nSPS) is 14.2. The van der Waals surface area contributed by atoms with E-state index in [4.69, 9.17) is 16.6 Å². The Hall–Kier alpha value is -3.69. The Morgan fingerprint density at radius 1 is 0.667 bits per heavy atom. The minimum absolute atomic E-state index is 0.0766. The van der Waals surface area contributed by atoms with Crippen molar-refractivity contribution in [3.05, 3.63) is 101 Å². The zero-order chi connectivity index (χ0) is 22.3. The van der Waals surface area contributed by atoms with Gasteiger partial charge in [-0.25, -0.2) is 4.98 Å². The molecule has 7 rings (SSSR count). The molecule has 2 aromatic heterocycles. The van der Waals surface area contributed by atoms with Crippen LogP contribution in [-0.4, -0.2) is 14.5 Å². The lowest BCUT2D eigenvalue weighted by Crippen LogP contribution is -2.15. The van der Waals surface area contributed by atoms with E-state index in [-0.39, 0.29) is 10.7 Å². The van der Waals surface area contributed by atoms with Gasteiger partial charge in [0.15, 0.2) is 5.82 Å². The van der Waals surface area contributed by atoms with Crippen molar-refractivity contribution >= 4 is 44.3 Å². The van der Waals surface area contributed by atoms with E-state index in [0.717, 1.165) is 27.8 Å². The molecule has 4 heteroatoms. The van der Waals surface area contributed by atoms with E-state index < -0.39 is 0 Å². The highest BCUT2D eigenvalue weighted by Crippen LogP contribution is 2.50. The van der Waals surface area contributed by atoms with Crippen LogP contribution in [0.5, 0.6) is 0 Å². The fourth-order valence-corrected chi connectivity index (χ4v) is 5.77. The number of nitrogens with zero attached hydrogens (tertiary/aromatic N) is 3. The van der Waals surface area contributed by atoms with Crippen LogP contribution < -0.4 is 0 Å². The lowest BCUT2D eigenvalue weighted by Gasteiger charge is -2.21. The van der Waals surface area contributed by atoms with E-state index in [1.54, 1.807) is 0 Å². The lowest BCUT2D eigenvalue weighted by molar-refractivity contribution is 0.661. The highest BCUT2D eigenvalue weighted by molar-refractivity contribution is 6.28. The summed E-state index contributed by atoms with van der Waals surface area (Å²) in [5.74, 6) is 0.810. The maximum absolute atomic E-state index is 6.41. The van der Waals surface area contributed by atoms with Crippen molar-refractivity contribution in [1.29, 1.82) is 0 Å². The number of aromatic nitrogens is 3. The minimum atomic E-state index is -0.0766. The quantitative estimate of drug-likeness (QED) is 0.243. The smallest absolute Gasteiger partial charge is 0.224 e. The largest absolute Gasteiger partial charge is 0.293 e. The molecule has 0 saturated heterocycles. The molecule has 0 bridgehead atoms. The molecular formula is C29H20ClN3. The van der Waals surface area contributed by atoms with Crippen LogP contribution in [0.15, 0.2) is 84.9 Å². The van der Waals surface area contributed by atoms with Crippen LogP contribution in [-0.2, 0) is 5.41 Å². The van der Waals surface area contributed by atoms with E-state index in [2.05, 4.69) is 90.1 Å². The maximum atomic E-state index is 6.41. The van der Waals surface area contributed by atoms with Gasteiger partial charge in [-0.1, -0.05) is 68.4 Å². The van der Waals surface area contributed by atoms with Crippen LogP contribution >= 0.6 is 11.6 Å². The summed E-state index contributed by atoms with van der Waals surface area (Å²) in [4.78, 5) is 9.19. The van der Waals surface area contributed by atoms with Gasteiger partial charge >= 0.3 is 0 Å². The molecule has 0 N–H and O–H groups in total. The molecule has 0 aliphatic heterocycles. The molecule has 6 aromatic rings. The molecule has 0 spiro atoms. The monoisotopic (exact) mass is 445 g/mol. The average Bonchev–Trinajstić information content (AvgIpc) is 3.27. The summed E-state index contributed by atoms with van der Waals surface area (Å²) in [6.45, 7) is 4.63. The van der Waals surface area contributed by atoms with Crippen molar-refractivity contribution in [2.45, 2.75) is 19.3 Å². The fourth-order valence-electron chi connectivity index (χ4n) is 5.59. The summed E-state index contributed by atoms with van der Waals surface area (Å²) in [5, 5.41) is 3.66. The zero-order valence-corrected chi connectivity index (χ0v) is 19.1. The second-order valence-electron chi connectivity index (χ2n) is 9.27. The lowest BCUT2D eigenvalue weighted by atomic mass is 9.82. The van der Waals surface area contributed by atoms with Crippen LogP contribution in [0.2, 0.25) is 5.28 Å². The first-order valence-corrected chi connectivity index (χ1v) is 11.5. The standard InChI is InChI=1S/C29H20ClN3/c1-29(2)22-12-6-3-9-17(22)20-15-21-18-10-5-8-14-25(18)33(26(21)16-23(20)29)27-19-11-4-7-13-24(19)31-28(30)32-27/h3-16H,1-2H3. The molecule has 4 aromatic carbocycles. The molecule has 0 atom stereocenters. The van der Waals surface area contributed by atoms with Gasteiger partial charge in [0.05, 0.1) is 16.6 Å². The van der Waals surface area contributed by atoms with Crippen molar-refractivity contribution < 1.29 is 0 Å². The van der Waals surface area contributed by atoms with Crippen LogP contribution in [0.25, 0.3) is 49.7 Å². The van der Waals surface area contributed by atoms with E-state index in [9.17, 15) is 0 Å². The van der Waals surface area contributed by atoms with Gasteiger partial charge in [0.25, 0.3) is 0 Å². The maximum Gasteiger partial charge on any atom is 0.224 e. The van der Waals surface area contributed by atoms with Crippen LogP contribution in [0.1, 0.15) is 25.0 Å². The molecule has 0 fully saturated rings. The Bertz CT molecular complexity index is 1760. The molecule has 2 heterocycles. The fraction of sp³-hybridized carbons (Fsp3) is 0.103. The number of hydrogen-bond donors (Lipinski definition) is 0. The topological polar surface area (TPSA) is 30.7 Å². The summed E-state index contributed by atoms with van der Waals surface area (Å²) in [5.41, 5.74) is 8.37. The number of benzene rings is 4. The van der Waals surface area contributed by atoms with Gasteiger partial charge in [0, 0.05) is 21.6 Å². The van der Waals surface area contributed by atoms with E-state index in [1.807, 2.05) is 18.2 Å². The second kappa shape index (κ2) is 6.43. The first kappa shape index (κ1) is 18.8. The van der Waals surface area contributed by atoms with Gasteiger partial charge < -0.3 is 0 Å². The molecule has 0 unspecified atom stereocenters. The molecule has 0 amide bonds. The number of hydrogen-bond acceptors (Lipinski definition) is 2. The predicted molar refractivity (Wildman–Crippen MR) is 136 cm³/mol. The molecular weight excluding hydrogens is 426 g/mol. The number of fused-ring (bicyclic) bond motifs is 7. The Morgan fingerprint density at radius 3 is 2.27 bits per heavy atom. The number of para-hydroxylation sites is 2. The second-order valence-corrected chi connectivity index (χ2v) is 9.61. The third-order valence-corrected chi connectivity index (χ3v) is 7.31. The van der Waals surface area contributed by atoms with Gasteiger partial charge in [-0.15, -0.1) is 0 Å². The van der Waals surface area contributed by atoms with Crippen molar-refractivity contribution in [1.82, 2.24) is 14.5 Å². The summed E-state index contributed by atoms with van der Waals surface area (Å²) >= 11 is 6.41. The number of halogens is 1. The highest BCUT2D eigenvalue weighted by Gasteiger charge is 2.36. The molecule has 1 aliphatic carbocycles. The summed E-state index contributed by atoms with van der Waals surface area (Å²) in [6, 6.07) is 30.1. The number of rotatable bonds is 1. The minimum Gasteiger partial charge on any atom is -0.293 e. The Morgan fingerprint density at radius 2 is 1.39 bits per heavy atom. The summed E-state index contributed by atoms with van der Waals surface area (Å²) < 4.78 is 2.25. The molecule has 3 nitrogen and oxygen atoms in total. The van der Waals surface area contributed by atoms with Crippen LogP contribution in [0.4, 0.5) is 0 Å². The molecule has 33 heavy (non-hydrogen) atoms. The molecule has 0 radical (unpaired) electrons. The van der Waals surface area contributed by atoms with Gasteiger partial charge in [-0.05, 0) is 64.2 Å². The van der Waals surface area contributed by atoms with E-state index in [1.165, 1.54) is 33.0 Å². The van der Waals surface area contributed by atoms with E-state index >= 15 is 0 Å². The summed E-state index contributed by atoms with van der Waals surface area (Å²) in [7, 11) is 0. The molecule has 0 saturated carbocycles. The predicted octanol–water partition coefficient (Wildman–Crippen LogP) is 7.69. The highest BCUT2D eigenvalue weighted by atomic mass is 35.5. The molecule has 158 valence electrons. The van der Waals surface area contributed by atoms with Crippen LogP contribution in [0.3, 0.4) is 0 Å². The average molecular weight is 446 g/mol. The first-order valence-electron chi connectivity index (χ1n) is 11.1. The Labute approximate surface area is 196 Å². The Balaban J connectivity index is 1.67.